The number of methoxy groups -OCH3 is 1. The van der Waals surface area contributed by atoms with E-state index in [1.807, 2.05) is 48.5 Å². The number of nitrogens with zero attached hydrogens (tertiary/aromatic N) is 1. The summed E-state index contributed by atoms with van der Waals surface area (Å²) < 4.78 is 5.32. The minimum absolute atomic E-state index is 0.0813. The molecule has 5 heteroatoms. The third kappa shape index (κ3) is 3.81. The lowest BCUT2D eigenvalue weighted by Gasteiger charge is -2.36. The van der Waals surface area contributed by atoms with E-state index in [-0.39, 0.29) is 17.9 Å². The second-order valence-corrected chi connectivity index (χ2v) is 8.66. The molecular formula is C25H30N2O3. The number of amides is 2. The zero-order chi connectivity index (χ0) is 21.3. The van der Waals surface area contributed by atoms with E-state index in [4.69, 9.17) is 4.74 Å². The number of fused-ring (bicyclic) bond motifs is 1. The maximum Gasteiger partial charge on any atom is 0.255 e. The summed E-state index contributed by atoms with van der Waals surface area (Å²) in [6.45, 7) is 4.84. The lowest BCUT2D eigenvalue weighted by molar-refractivity contribution is -0.127. The molecule has 1 fully saturated rings. The Kier molecular flexibility index (Phi) is 5.80. The average Bonchev–Trinajstić information content (AvgIpc) is 3.03. The Labute approximate surface area is 178 Å². The molecule has 4 atom stereocenters. The fourth-order valence-electron chi connectivity index (χ4n) is 4.83. The zero-order valence-electron chi connectivity index (χ0n) is 17.9. The smallest absolute Gasteiger partial charge is 0.255 e. The highest BCUT2D eigenvalue weighted by Gasteiger charge is 2.42. The van der Waals surface area contributed by atoms with Crippen molar-refractivity contribution in [1.82, 2.24) is 10.2 Å². The first kappa shape index (κ1) is 20.5. The van der Waals surface area contributed by atoms with Crippen LogP contribution in [0.5, 0.6) is 5.75 Å². The van der Waals surface area contributed by atoms with Crippen molar-refractivity contribution in [3.8, 4) is 5.75 Å². The van der Waals surface area contributed by atoms with E-state index in [1.54, 1.807) is 12.0 Å². The Morgan fingerprint density at radius 3 is 2.73 bits per heavy atom. The Morgan fingerprint density at radius 1 is 1.13 bits per heavy atom. The molecule has 2 aliphatic rings. The van der Waals surface area contributed by atoms with E-state index < -0.39 is 6.04 Å². The number of nitrogens with one attached hydrogen (secondary N) is 1. The lowest BCUT2D eigenvalue weighted by atomic mass is 9.78. The quantitative estimate of drug-likeness (QED) is 0.804. The second kappa shape index (κ2) is 8.50. The standard InChI is InChI=1S/C25H30N2O3/c1-16-8-6-13-22(17(16)2)26-24(28)23-20-11-4-5-12-21(20)25(29)27(23)15-18-9-7-10-19(14-18)30-3/h4-5,7,9-12,14,16-17,22-23H,6,8,13,15H2,1-3H3,(H,26,28). The van der Waals surface area contributed by atoms with Crippen molar-refractivity contribution in [2.75, 3.05) is 7.11 Å². The molecule has 0 spiro atoms. The molecule has 0 bridgehead atoms. The van der Waals surface area contributed by atoms with Crippen LogP contribution in [0, 0.1) is 11.8 Å². The van der Waals surface area contributed by atoms with Crippen LogP contribution in [0.3, 0.4) is 0 Å². The summed E-state index contributed by atoms with van der Waals surface area (Å²) >= 11 is 0. The lowest BCUT2D eigenvalue weighted by Crippen LogP contribution is -2.48. The van der Waals surface area contributed by atoms with Crippen molar-refractivity contribution < 1.29 is 14.3 Å². The SMILES string of the molecule is COc1cccc(CN2C(=O)c3ccccc3C2C(=O)NC2CCCC(C)C2C)c1. The molecule has 2 aromatic rings. The molecule has 5 nitrogen and oxygen atoms in total. The first-order chi connectivity index (χ1) is 14.5. The molecule has 0 aromatic heterocycles. The first-order valence-electron chi connectivity index (χ1n) is 10.8. The molecule has 4 unspecified atom stereocenters. The molecule has 1 N–H and O–H groups in total. The van der Waals surface area contributed by atoms with Crippen molar-refractivity contribution in [1.29, 1.82) is 0 Å². The third-order valence-electron chi connectivity index (χ3n) is 6.83. The van der Waals surface area contributed by atoms with Gasteiger partial charge in [-0.3, -0.25) is 9.59 Å². The van der Waals surface area contributed by atoms with E-state index in [9.17, 15) is 9.59 Å². The summed E-state index contributed by atoms with van der Waals surface area (Å²) in [5.41, 5.74) is 2.35. The van der Waals surface area contributed by atoms with E-state index in [0.717, 1.165) is 29.7 Å². The molecule has 158 valence electrons. The highest BCUT2D eigenvalue weighted by atomic mass is 16.5. The summed E-state index contributed by atoms with van der Waals surface area (Å²) in [5.74, 6) is 1.58. The summed E-state index contributed by atoms with van der Waals surface area (Å²) in [5, 5.41) is 3.28. The van der Waals surface area contributed by atoms with Gasteiger partial charge in [-0.05, 0) is 47.6 Å². The Hall–Kier alpha value is -2.82. The third-order valence-corrected chi connectivity index (χ3v) is 6.83. The Bertz CT molecular complexity index is 941. The van der Waals surface area contributed by atoms with Crippen LogP contribution in [0.2, 0.25) is 0 Å². The molecule has 0 radical (unpaired) electrons. The van der Waals surface area contributed by atoms with Gasteiger partial charge >= 0.3 is 0 Å². The second-order valence-electron chi connectivity index (χ2n) is 8.66. The van der Waals surface area contributed by atoms with Gasteiger partial charge < -0.3 is 15.0 Å². The van der Waals surface area contributed by atoms with Crippen molar-refractivity contribution in [3.05, 3.63) is 65.2 Å². The van der Waals surface area contributed by atoms with E-state index in [1.165, 1.54) is 6.42 Å². The molecule has 2 aromatic carbocycles. The van der Waals surface area contributed by atoms with Gasteiger partial charge in [-0.25, -0.2) is 0 Å². The summed E-state index contributed by atoms with van der Waals surface area (Å²) in [6.07, 6.45) is 3.33. The van der Waals surface area contributed by atoms with E-state index in [0.29, 0.717) is 23.9 Å². The highest BCUT2D eigenvalue weighted by Crippen LogP contribution is 2.36. The fraction of sp³-hybridized carbons (Fsp3) is 0.440. The Balaban J connectivity index is 1.61. The van der Waals surface area contributed by atoms with Crippen molar-refractivity contribution >= 4 is 11.8 Å². The molecule has 4 rings (SSSR count). The summed E-state index contributed by atoms with van der Waals surface area (Å²) in [6, 6.07) is 14.7. The van der Waals surface area contributed by atoms with Crippen LogP contribution in [-0.4, -0.2) is 29.9 Å². The Morgan fingerprint density at radius 2 is 1.93 bits per heavy atom. The molecular weight excluding hydrogens is 376 g/mol. The zero-order valence-corrected chi connectivity index (χ0v) is 17.9. The van der Waals surface area contributed by atoms with Crippen LogP contribution < -0.4 is 10.1 Å². The van der Waals surface area contributed by atoms with Crippen LogP contribution >= 0.6 is 0 Å². The van der Waals surface area contributed by atoms with Crippen LogP contribution in [0.25, 0.3) is 0 Å². The minimum atomic E-state index is -0.607. The number of hydrogen-bond acceptors (Lipinski definition) is 3. The van der Waals surface area contributed by atoms with Gasteiger partial charge in [-0.2, -0.15) is 0 Å². The highest BCUT2D eigenvalue weighted by molar-refractivity contribution is 6.04. The number of rotatable bonds is 5. The van der Waals surface area contributed by atoms with Crippen LogP contribution in [0.4, 0.5) is 0 Å². The van der Waals surface area contributed by atoms with Crippen molar-refractivity contribution in [2.24, 2.45) is 11.8 Å². The summed E-state index contributed by atoms with van der Waals surface area (Å²) in [4.78, 5) is 28.3. The molecule has 0 saturated heterocycles. The molecule has 1 heterocycles. The first-order valence-corrected chi connectivity index (χ1v) is 10.8. The van der Waals surface area contributed by atoms with E-state index >= 15 is 0 Å². The van der Waals surface area contributed by atoms with Gasteiger partial charge in [-0.15, -0.1) is 0 Å². The van der Waals surface area contributed by atoms with Crippen molar-refractivity contribution in [2.45, 2.75) is 51.7 Å². The average molecular weight is 407 g/mol. The summed E-state index contributed by atoms with van der Waals surface area (Å²) in [7, 11) is 1.62. The van der Waals surface area contributed by atoms with E-state index in [2.05, 4.69) is 19.2 Å². The van der Waals surface area contributed by atoms with Gasteiger partial charge in [0, 0.05) is 18.2 Å². The number of benzene rings is 2. The van der Waals surface area contributed by atoms with Gasteiger partial charge in [0.15, 0.2) is 0 Å². The normalized spacial score (nSPS) is 25.7. The fourth-order valence-corrected chi connectivity index (χ4v) is 4.83. The van der Waals surface area contributed by atoms with Gasteiger partial charge in [0.2, 0.25) is 5.91 Å². The molecule has 30 heavy (non-hydrogen) atoms. The predicted octanol–water partition coefficient (Wildman–Crippen LogP) is 4.33. The van der Waals surface area contributed by atoms with Crippen LogP contribution in [0.15, 0.2) is 48.5 Å². The van der Waals surface area contributed by atoms with Gasteiger partial charge in [0.25, 0.3) is 5.91 Å². The molecule has 1 aliphatic heterocycles. The monoisotopic (exact) mass is 406 g/mol. The molecule has 1 saturated carbocycles. The maximum atomic E-state index is 13.5. The van der Waals surface area contributed by atoms with Crippen LogP contribution in [-0.2, 0) is 11.3 Å². The van der Waals surface area contributed by atoms with Gasteiger partial charge in [-0.1, -0.05) is 57.0 Å². The largest absolute Gasteiger partial charge is 0.497 e. The molecule has 1 aliphatic carbocycles. The minimum Gasteiger partial charge on any atom is -0.497 e. The van der Waals surface area contributed by atoms with Gasteiger partial charge in [0.05, 0.1) is 7.11 Å². The predicted molar refractivity (Wildman–Crippen MR) is 116 cm³/mol. The van der Waals surface area contributed by atoms with Crippen molar-refractivity contribution in [3.63, 3.8) is 0 Å². The number of ether oxygens (including phenoxy) is 1. The van der Waals surface area contributed by atoms with Crippen LogP contribution in [0.1, 0.15) is 60.6 Å². The topological polar surface area (TPSA) is 58.6 Å². The maximum absolute atomic E-state index is 13.5. The number of carbonyl (C=O) groups excluding carboxylic acids is 2. The number of hydrogen-bond donors (Lipinski definition) is 1. The number of carbonyl (C=O) groups is 2. The van der Waals surface area contributed by atoms with Gasteiger partial charge in [0.1, 0.15) is 11.8 Å². The molecule has 2 amide bonds.